The Labute approximate surface area is 162 Å². The number of amides is 3. The van der Waals surface area contributed by atoms with E-state index in [9.17, 15) is 14.4 Å². The lowest BCUT2D eigenvalue weighted by Crippen LogP contribution is -2.33. The van der Waals surface area contributed by atoms with Gasteiger partial charge in [0.25, 0.3) is 11.8 Å². The topological polar surface area (TPSA) is 114 Å². The molecule has 0 radical (unpaired) electrons. The summed E-state index contributed by atoms with van der Waals surface area (Å²) in [5, 5.41) is 6.12. The zero-order chi connectivity index (χ0) is 20.1. The number of hydrogen-bond acceptors (Lipinski definition) is 4. The second-order valence-electron chi connectivity index (χ2n) is 6.36. The van der Waals surface area contributed by atoms with Gasteiger partial charge in [-0.3, -0.25) is 19.4 Å². The van der Waals surface area contributed by atoms with Gasteiger partial charge in [0.15, 0.2) is 0 Å². The van der Waals surface area contributed by atoms with E-state index in [4.69, 9.17) is 5.73 Å². The first-order valence-corrected chi connectivity index (χ1v) is 8.74. The number of carbonyl (C=O) groups is 3. The third-order valence-corrected chi connectivity index (χ3v) is 4.18. The maximum atomic E-state index is 12.7. The number of nitrogens with two attached hydrogens (primary N) is 1. The number of para-hydroxylation sites is 1. The molecule has 1 heterocycles. The van der Waals surface area contributed by atoms with Crippen LogP contribution in [-0.2, 0) is 11.3 Å². The standard InChI is InChI=1S/C21H20N4O3/c1-13-10-17(16-4-2-3-5-18(16)25-13)21(28)23-11-14-6-8-15(9-7-14)20(27)24-12-19(22)26/h2-10H,11-12H2,1H3,(H2,22,26)(H,23,28)(H,24,27). The molecule has 0 spiro atoms. The molecular formula is C21H20N4O3. The fraction of sp³-hybridized carbons (Fsp3) is 0.143. The average Bonchev–Trinajstić information content (AvgIpc) is 2.69. The molecule has 0 unspecified atom stereocenters. The number of aromatic nitrogens is 1. The second-order valence-corrected chi connectivity index (χ2v) is 6.36. The van der Waals surface area contributed by atoms with E-state index in [0.29, 0.717) is 17.7 Å². The number of nitrogens with zero attached hydrogens (tertiary/aromatic N) is 1. The van der Waals surface area contributed by atoms with Crippen LogP contribution in [0.2, 0.25) is 0 Å². The molecule has 0 aliphatic carbocycles. The summed E-state index contributed by atoms with van der Waals surface area (Å²) in [6.07, 6.45) is 0. The van der Waals surface area contributed by atoms with Crippen LogP contribution in [0.15, 0.2) is 54.6 Å². The fourth-order valence-corrected chi connectivity index (χ4v) is 2.82. The summed E-state index contributed by atoms with van der Waals surface area (Å²) in [7, 11) is 0. The number of carbonyl (C=O) groups excluding carboxylic acids is 3. The molecule has 28 heavy (non-hydrogen) atoms. The van der Waals surface area contributed by atoms with Gasteiger partial charge in [-0.15, -0.1) is 0 Å². The van der Waals surface area contributed by atoms with Crippen molar-refractivity contribution >= 4 is 28.6 Å². The van der Waals surface area contributed by atoms with E-state index in [0.717, 1.165) is 22.2 Å². The highest BCUT2D eigenvalue weighted by molar-refractivity contribution is 6.06. The van der Waals surface area contributed by atoms with Crippen molar-refractivity contribution in [3.05, 3.63) is 77.0 Å². The van der Waals surface area contributed by atoms with Crippen LogP contribution >= 0.6 is 0 Å². The molecule has 7 heteroatoms. The van der Waals surface area contributed by atoms with E-state index in [-0.39, 0.29) is 18.4 Å². The first kappa shape index (κ1) is 19.0. The summed E-state index contributed by atoms with van der Waals surface area (Å²) in [5.74, 6) is -1.18. The molecule has 0 bridgehead atoms. The summed E-state index contributed by atoms with van der Waals surface area (Å²) in [6, 6.07) is 16.0. The Morgan fingerprint density at radius 2 is 1.68 bits per heavy atom. The third-order valence-electron chi connectivity index (χ3n) is 4.18. The Bertz CT molecular complexity index is 1050. The Balaban J connectivity index is 1.67. The van der Waals surface area contributed by atoms with Crippen LogP contribution in [-0.4, -0.2) is 29.3 Å². The van der Waals surface area contributed by atoms with Gasteiger partial charge in [-0.25, -0.2) is 0 Å². The largest absolute Gasteiger partial charge is 0.368 e. The molecule has 3 aromatic rings. The van der Waals surface area contributed by atoms with Gasteiger partial charge in [-0.05, 0) is 36.8 Å². The number of primary amides is 1. The van der Waals surface area contributed by atoms with Crippen LogP contribution in [0, 0.1) is 6.92 Å². The number of rotatable bonds is 6. The quantitative estimate of drug-likeness (QED) is 0.607. The zero-order valence-corrected chi connectivity index (χ0v) is 15.4. The maximum Gasteiger partial charge on any atom is 0.252 e. The highest BCUT2D eigenvalue weighted by Crippen LogP contribution is 2.18. The molecule has 2 aromatic carbocycles. The summed E-state index contributed by atoms with van der Waals surface area (Å²) in [6.45, 7) is 1.96. The van der Waals surface area contributed by atoms with E-state index in [1.807, 2.05) is 31.2 Å². The third kappa shape index (κ3) is 4.50. The Morgan fingerprint density at radius 3 is 2.39 bits per heavy atom. The van der Waals surface area contributed by atoms with E-state index >= 15 is 0 Å². The van der Waals surface area contributed by atoms with Crippen LogP contribution in [0.25, 0.3) is 10.9 Å². The molecule has 0 aliphatic heterocycles. The normalized spacial score (nSPS) is 10.5. The lowest BCUT2D eigenvalue weighted by Gasteiger charge is -2.10. The highest BCUT2D eigenvalue weighted by atomic mass is 16.2. The molecule has 0 aliphatic rings. The van der Waals surface area contributed by atoms with Crippen LogP contribution in [0.5, 0.6) is 0 Å². The summed E-state index contributed by atoms with van der Waals surface area (Å²) in [4.78, 5) is 39.7. The molecule has 0 saturated carbocycles. The lowest BCUT2D eigenvalue weighted by atomic mass is 10.1. The number of pyridine rings is 1. The Hall–Kier alpha value is -3.74. The fourth-order valence-electron chi connectivity index (χ4n) is 2.82. The van der Waals surface area contributed by atoms with Gasteiger partial charge in [0, 0.05) is 23.2 Å². The average molecular weight is 376 g/mol. The molecule has 4 N–H and O–H groups in total. The van der Waals surface area contributed by atoms with Crippen molar-refractivity contribution in [1.82, 2.24) is 15.6 Å². The summed E-state index contributed by atoms with van der Waals surface area (Å²) in [5.41, 5.74) is 8.38. The van der Waals surface area contributed by atoms with Crippen LogP contribution < -0.4 is 16.4 Å². The van der Waals surface area contributed by atoms with Gasteiger partial charge >= 0.3 is 0 Å². The van der Waals surface area contributed by atoms with Crippen molar-refractivity contribution in [2.75, 3.05) is 6.54 Å². The Morgan fingerprint density at radius 1 is 0.964 bits per heavy atom. The van der Waals surface area contributed by atoms with Crippen LogP contribution in [0.1, 0.15) is 32.0 Å². The van der Waals surface area contributed by atoms with Crippen molar-refractivity contribution in [1.29, 1.82) is 0 Å². The van der Waals surface area contributed by atoms with Crippen molar-refractivity contribution in [2.45, 2.75) is 13.5 Å². The SMILES string of the molecule is Cc1cc(C(=O)NCc2ccc(C(=O)NCC(N)=O)cc2)c2ccccc2n1. The van der Waals surface area contributed by atoms with Gasteiger partial charge in [0.05, 0.1) is 17.6 Å². The van der Waals surface area contributed by atoms with Gasteiger partial charge < -0.3 is 16.4 Å². The van der Waals surface area contributed by atoms with Crippen molar-refractivity contribution in [2.24, 2.45) is 5.73 Å². The molecule has 142 valence electrons. The Kier molecular flexibility index (Phi) is 5.64. The van der Waals surface area contributed by atoms with E-state index in [1.165, 1.54) is 0 Å². The molecule has 1 aromatic heterocycles. The molecule has 0 saturated heterocycles. The van der Waals surface area contributed by atoms with Gasteiger partial charge in [-0.1, -0.05) is 30.3 Å². The number of nitrogens with one attached hydrogen (secondary N) is 2. The minimum Gasteiger partial charge on any atom is -0.368 e. The monoisotopic (exact) mass is 376 g/mol. The number of hydrogen-bond donors (Lipinski definition) is 3. The number of benzene rings is 2. The van der Waals surface area contributed by atoms with E-state index in [1.54, 1.807) is 30.3 Å². The number of fused-ring (bicyclic) bond motifs is 1. The lowest BCUT2D eigenvalue weighted by molar-refractivity contribution is -0.117. The maximum absolute atomic E-state index is 12.7. The van der Waals surface area contributed by atoms with Gasteiger partial charge in [-0.2, -0.15) is 0 Å². The molecule has 3 rings (SSSR count). The minimum absolute atomic E-state index is 0.190. The molecule has 3 amide bonds. The predicted molar refractivity (Wildman–Crippen MR) is 106 cm³/mol. The molecule has 7 nitrogen and oxygen atoms in total. The number of aryl methyl sites for hydroxylation is 1. The first-order chi connectivity index (χ1) is 13.4. The predicted octanol–water partition coefficient (Wildman–Crippen LogP) is 1.69. The van der Waals surface area contributed by atoms with Crippen LogP contribution in [0.4, 0.5) is 0 Å². The zero-order valence-electron chi connectivity index (χ0n) is 15.4. The minimum atomic E-state index is -0.605. The molecule has 0 fully saturated rings. The van der Waals surface area contributed by atoms with Crippen molar-refractivity contribution < 1.29 is 14.4 Å². The summed E-state index contributed by atoms with van der Waals surface area (Å²) < 4.78 is 0. The smallest absolute Gasteiger partial charge is 0.252 e. The molecule has 0 atom stereocenters. The summed E-state index contributed by atoms with van der Waals surface area (Å²) >= 11 is 0. The van der Waals surface area contributed by atoms with Crippen molar-refractivity contribution in [3.8, 4) is 0 Å². The van der Waals surface area contributed by atoms with E-state index < -0.39 is 5.91 Å². The van der Waals surface area contributed by atoms with Crippen molar-refractivity contribution in [3.63, 3.8) is 0 Å². The first-order valence-electron chi connectivity index (χ1n) is 8.74. The van der Waals surface area contributed by atoms with E-state index in [2.05, 4.69) is 15.6 Å². The van der Waals surface area contributed by atoms with Crippen LogP contribution in [0.3, 0.4) is 0 Å². The van der Waals surface area contributed by atoms with Gasteiger partial charge in [0.1, 0.15) is 0 Å². The second kappa shape index (κ2) is 8.30. The van der Waals surface area contributed by atoms with Gasteiger partial charge in [0.2, 0.25) is 5.91 Å². The highest BCUT2D eigenvalue weighted by Gasteiger charge is 2.12. The molecular weight excluding hydrogens is 356 g/mol.